The topological polar surface area (TPSA) is 49.0 Å². The molecule has 3 rings (SSSR count). The molecular weight excluding hydrogens is 330 g/mol. The Balaban J connectivity index is 1.69. The number of halogens is 1. The van der Waals surface area contributed by atoms with Gasteiger partial charge in [0.05, 0.1) is 6.42 Å². The number of H-pyrrole nitrogens is 1. The van der Waals surface area contributed by atoms with Crippen molar-refractivity contribution in [3.63, 3.8) is 0 Å². The molecule has 4 nitrogen and oxygen atoms in total. The normalized spacial score (nSPS) is 14.1. The Morgan fingerprint density at radius 1 is 1.38 bits per heavy atom. The van der Waals surface area contributed by atoms with Crippen molar-refractivity contribution in [2.45, 2.75) is 25.8 Å². The second kappa shape index (κ2) is 6.43. The summed E-state index contributed by atoms with van der Waals surface area (Å²) in [6.45, 7) is 1.53. The van der Waals surface area contributed by atoms with Crippen molar-refractivity contribution in [3.05, 3.63) is 52.3 Å². The Labute approximate surface area is 132 Å². The minimum absolute atomic E-state index is 0.158. The van der Waals surface area contributed by atoms with E-state index in [1.165, 1.54) is 12.8 Å². The number of carbonyl (C=O) groups is 1. The van der Waals surface area contributed by atoms with E-state index in [-0.39, 0.29) is 5.91 Å². The van der Waals surface area contributed by atoms with Crippen LogP contribution in [0.2, 0.25) is 0 Å². The molecular formula is C16H18BrN3O. The van der Waals surface area contributed by atoms with Crippen molar-refractivity contribution in [3.8, 4) is 0 Å². The maximum absolute atomic E-state index is 12.5. The predicted molar refractivity (Wildman–Crippen MR) is 84.6 cm³/mol. The van der Waals surface area contributed by atoms with Crippen LogP contribution in [-0.4, -0.2) is 27.5 Å². The van der Waals surface area contributed by atoms with Gasteiger partial charge in [0.25, 0.3) is 0 Å². The van der Waals surface area contributed by atoms with Gasteiger partial charge in [0.2, 0.25) is 5.91 Å². The van der Waals surface area contributed by atoms with Gasteiger partial charge in [-0.15, -0.1) is 0 Å². The molecule has 0 aliphatic heterocycles. The van der Waals surface area contributed by atoms with Crippen LogP contribution in [-0.2, 0) is 17.8 Å². The Hall–Kier alpha value is -1.62. The number of rotatable bonds is 6. The summed E-state index contributed by atoms with van der Waals surface area (Å²) in [6, 6.07) is 10.00. The highest BCUT2D eigenvalue weighted by Gasteiger charge is 2.27. The zero-order chi connectivity index (χ0) is 14.7. The lowest BCUT2D eigenvalue weighted by Gasteiger charge is -2.23. The average Bonchev–Trinajstić information content (AvgIpc) is 3.13. The number of aromatic amines is 1. The van der Waals surface area contributed by atoms with Crippen LogP contribution >= 0.6 is 15.9 Å². The first-order chi connectivity index (χ1) is 10.2. The standard InChI is InChI=1S/C16H18BrN3O/c17-14-3-1-2-13(8-14)11-20(10-12-4-5-12)16(21)9-15-6-7-18-19-15/h1-3,6-8,12H,4-5,9-11H2,(H,18,19). The molecule has 1 aromatic carbocycles. The van der Waals surface area contributed by atoms with Crippen LogP contribution < -0.4 is 0 Å². The van der Waals surface area contributed by atoms with Crippen LogP contribution in [0.5, 0.6) is 0 Å². The number of amides is 1. The summed E-state index contributed by atoms with van der Waals surface area (Å²) in [6.07, 6.45) is 4.56. The quantitative estimate of drug-likeness (QED) is 0.872. The second-order valence-electron chi connectivity index (χ2n) is 5.61. The number of benzene rings is 1. The van der Waals surface area contributed by atoms with Crippen molar-refractivity contribution in [1.29, 1.82) is 0 Å². The van der Waals surface area contributed by atoms with Gasteiger partial charge in [0, 0.05) is 29.5 Å². The molecule has 1 aliphatic carbocycles. The zero-order valence-electron chi connectivity index (χ0n) is 11.8. The third kappa shape index (κ3) is 4.17. The first kappa shape index (κ1) is 14.3. The Morgan fingerprint density at radius 2 is 2.24 bits per heavy atom. The molecule has 1 amide bonds. The summed E-state index contributed by atoms with van der Waals surface area (Å²) in [4.78, 5) is 14.5. The van der Waals surface area contributed by atoms with E-state index in [0.29, 0.717) is 18.9 Å². The monoisotopic (exact) mass is 347 g/mol. The predicted octanol–water partition coefficient (Wildman–Crippen LogP) is 3.15. The van der Waals surface area contributed by atoms with Gasteiger partial charge in [-0.1, -0.05) is 28.1 Å². The molecule has 21 heavy (non-hydrogen) atoms. The fourth-order valence-electron chi connectivity index (χ4n) is 2.38. The van der Waals surface area contributed by atoms with E-state index in [1.807, 2.05) is 23.1 Å². The molecule has 1 N–H and O–H groups in total. The van der Waals surface area contributed by atoms with Crippen LogP contribution in [0.4, 0.5) is 0 Å². The number of hydrogen-bond acceptors (Lipinski definition) is 2. The lowest BCUT2D eigenvalue weighted by Crippen LogP contribution is -2.33. The molecule has 0 atom stereocenters. The highest BCUT2D eigenvalue weighted by molar-refractivity contribution is 9.10. The number of hydrogen-bond donors (Lipinski definition) is 1. The Kier molecular flexibility index (Phi) is 4.39. The summed E-state index contributed by atoms with van der Waals surface area (Å²) in [5, 5.41) is 6.76. The SMILES string of the molecule is O=C(Cc1ccn[nH]1)N(Cc1cccc(Br)c1)CC1CC1. The molecule has 0 bridgehead atoms. The van der Waals surface area contributed by atoms with E-state index in [9.17, 15) is 4.79 Å². The molecule has 1 aromatic heterocycles. The summed E-state index contributed by atoms with van der Waals surface area (Å²) in [5.74, 6) is 0.842. The fraction of sp³-hybridized carbons (Fsp3) is 0.375. The summed E-state index contributed by atoms with van der Waals surface area (Å²) in [7, 11) is 0. The molecule has 2 aromatic rings. The highest BCUT2D eigenvalue weighted by atomic mass is 79.9. The van der Waals surface area contributed by atoms with Crippen molar-refractivity contribution < 1.29 is 4.79 Å². The third-order valence-electron chi connectivity index (χ3n) is 3.69. The molecule has 1 heterocycles. The van der Waals surface area contributed by atoms with Crippen molar-refractivity contribution in [2.24, 2.45) is 5.92 Å². The first-order valence-corrected chi connectivity index (χ1v) is 8.00. The van der Waals surface area contributed by atoms with Crippen molar-refractivity contribution in [1.82, 2.24) is 15.1 Å². The molecule has 110 valence electrons. The van der Waals surface area contributed by atoms with Gasteiger partial charge in [0.1, 0.15) is 0 Å². The van der Waals surface area contributed by atoms with Crippen molar-refractivity contribution >= 4 is 21.8 Å². The van der Waals surface area contributed by atoms with Gasteiger partial charge in [-0.3, -0.25) is 9.89 Å². The molecule has 1 saturated carbocycles. The molecule has 0 radical (unpaired) electrons. The Bertz CT molecular complexity index is 608. The minimum Gasteiger partial charge on any atom is -0.338 e. The van der Waals surface area contributed by atoms with E-state index in [0.717, 1.165) is 22.3 Å². The maximum Gasteiger partial charge on any atom is 0.228 e. The minimum atomic E-state index is 0.158. The van der Waals surface area contributed by atoms with E-state index >= 15 is 0 Å². The maximum atomic E-state index is 12.5. The van der Waals surface area contributed by atoms with Gasteiger partial charge in [-0.05, 0) is 42.5 Å². The zero-order valence-corrected chi connectivity index (χ0v) is 13.3. The largest absolute Gasteiger partial charge is 0.338 e. The lowest BCUT2D eigenvalue weighted by molar-refractivity contribution is -0.131. The summed E-state index contributed by atoms with van der Waals surface area (Å²) >= 11 is 3.48. The van der Waals surface area contributed by atoms with Gasteiger partial charge < -0.3 is 4.90 Å². The summed E-state index contributed by atoms with van der Waals surface area (Å²) in [5.41, 5.74) is 2.03. The number of aromatic nitrogens is 2. The van der Waals surface area contributed by atoms with Crippen LogP contribution in [0.1, 0.15) is 24.1 Å². The number of nitrogens with one attached hydrogen (secondary N) is 1. The van der Waals surface area contributed by atoms with E-state index in [1.54, 1.807) is 6.20 Å². The molecule has 0 saturated heterocycles. The van der Waals surface area contributed by atoms with Gasteiger partial charge in [0.15, 0.2) is 0 Å². The Morgan fingerprint density at radius 3 is 2.90 bits per heavy atom. The molecule has 5 heteroatoms. The summed E-state index contributed by atoms with van der Waals surface area (Å²) < 4.78 is 1.05. The average molecular weight is 348 g/mol. The molecule has 0 spiro atoms. The second-order valence-corrected chi connectivity index (χ2v) is 6.52. The first-order valence-electron chi connectivity index (χ1n) is 7.21. The molecule has 0 unspecified atom stereocenters. The van der Waals surface area contributed by atoms with E-state index in [2.05, 4.69) is 38.3 Å². The van der Waals surface area contributed by atoms with Gasteiger partial charge in [-0.2, -0.15) is 5.10 Å². The highest BCUT2D eigenvalue weighted by Crippen LogP contribution is 2.30. The van der Waals surface area contributed by atoms with E-state index < -0.39 is 0 Å². The van der Waals surface area contributed by atoms with Crippen LogP contribution in [0, 0.1) is 5.92 Å². The molecule has 1 aliphatic rings. The number of nitrogens with zero attached hydrogens (tertiary/aromatic N) is 2. The number of carbonyl (C=O) groups excluding carboxylic acids is 1. The van der Waals surface area contributed by atoms with Crippen LogP contribution in [0.25, 0.3) is 0 Å². The lowest BCUT2D eigenvalue weighted by atomic mass is 10.2. The van der Waals surface area contributed by atoms with Crippen LogP contribution in [0.3, 0.4) is 0 Å². The fourth-order valence-corrected chi connectivity index (χ4v) is 2.83. The van der Waals surface area contributed by atoms with Crippen molar-refractivity contribution in [2.75, 3.05) is 6.54 Å². The smallest absolute Gasteiger partial charge is 0.228 e. The van der Waals surface area contributed by atoms with Crippen LogP contribution in [0.15, 0.2) is 41.0 Å². The van der Waals surface area contributed by atoms with E-state index in [4.69, 9.17) is 0 Å². The van der Waals surface area contributed by atoms with Gasteiger partial charge >= 0.3 is 0 Å². The third-order valence-corrected chi connectivity index (χ3v) is 4.18. The van der Waals surface area contributed by atoms with Gasteiger partial charge in [-0.25, -0.2) is 0 Å². The molecule has 1 fully saturated rings.